The molecular formula is C40H68N7O17P3S-4. The number of carbonyl (C=O) groups excluding carboxylic acids is 3. The van der Waals surface area contributed by atoms with Gasteiger partial charge in [-0.1, -0.05) is 129 Å². The molecule has 0 aliphatic carbocycles. The van der Waals surface area contributed by atoms with Gasteiger partial charge in [0.15, 0.2) is 22.8 Å². The fourth-order valence-electron chi connectivity index (χ4n) is 7.16. The number of thioether (sulfide) groups is 1. The summed E-state index contributed by atoms with van der Waals surface area (Å²) in [5, 5.41) is 26.5. The van der Waals surface area contributed by atoms with E-state index in [1.807, 2.05) is 6.92 Å². The number of hydrogen-bond donors (Lipinski definition) is 5. The number of nitrogens with two attached hydrogens (primary N) is 1. The average molecular weight is 1040 g/mol. The highest BCUT2D eigenvalue weighted by atomic mass is 32.2. The van der Waals surface area contributed by atoms with Gasteiger partial charge in [-0.15, -0.1) is 0 Å². The number of hydrogen-bond acceptors (Lipinski definition) is 22. The zero-order valence-corrected chi connectivity index (χ0v) is 42.6. The average Bonchev–Trinajstić information content (AvgIpc) is 3.83. The lowest BCUT2D eigenvalue weighted by molar-refractivity contribution is -0.347. The molecule has 28 heteroatoms. The number of aromatic nitrogens is 4. The molecule has 2 aromatic heterocycles. The van der Waals surface area contributed by atoms with E-state index in [0.29, 0.717) is 5.75 Å². The second kappa shape index (κ2) is 29.2. The number of unbranched alkanes of at least 4 members (excludes halogenated alkanes) is 13. The zero-order valence-electron chi connectivity index (χ0n) is 39.1. The smallest absolute Gasteiger partial charge is 0.274 e. The molecule has 3 heterocycles. The van der Waals surface area contributed by atoms with Gasteiger partial charge in [0.25, 0.3) is 15.6 Å². The number of fused-ring (bicyclic) bond motifs is 1. The molecule has 0 radical (unpaired) electrons. The lowest BCUT2D eigenvalue weighted by Gasteiger charge is -2.36. The van der Waals surface area contributed by atoms with Gasteiger partial charge in [0.2, 0.25) is 11.8 Å². The monoisotopic (exact) mass is 1040 g/mol. The van der Waals surface area contributed by atoms with Gasteiger partial charge in [-0.25, -0.2) is 19.3 Å². The van der Waals surface area contributed by atoms with E-state index in [2.05, 4.69) is 50.4 Å². The molecule has 0 aromatic carbocycles. The van der Waals surface area contributed by atoms with Crippen molar-refractivity contribution in [2.45, 2.75) is 161 Å². The minimum atomic E-state index is -5.92. The third-order valence-corrected chi connectivity index (χ3v) is 15.2. The fraction of sp³-hybridized carbons (Fsp3) is 0.800. The molecular weight excluding hydrogens is 975 g/mol. The maximum Gasteiger partial charge on any atom is 0.274 e. The van der Waals surface area contributed by atoms with Crippen molar-refractivity contribution in [1.29, 1.82) is 0 Å². The summed E-state index contributed by atoms with van der Waals surface area (Å²) < 4.78 is 60.9. The van der Waals surface area contributed by atoms with Crippen LogP contribution in [0, 0.1) is 11.3 Å². The SMILES string of the molecule is CCCCCCCCCCCCCCCCC(C)C(=O)SCCNC(=O)CCNC(=O)[C@H](O)C(C)(C)COP(=O)([O-])OP(=O)([O-])OC[C@H]1O[C@@H](n2cnc3c(N)ncnc32)[C@H](O)[C@@H]1OP(=O)([O-])[O-]. The number of imidazole rings is 1. The van der Waals surface area contributed by atoms with Gasteiger partial charge in [0, 0.05) is 36.6 Å². The molecule has 0 spiro atoms. The Morgan fingerprint density at radius 1 is 0.897 bits per heavy atom. The maximum absolute atomic E-state index is 12.7. The number of nitrogen functional groups attached to an aromatic ring is 1. The predicted octanol–water partition coefficient (Wildman–Crippen LogP) is 2.64. The molecule has 6 N–H and O–H groups in total. The molecule has 2 aromatic rings. The number of rotatable bonds is 35. The van der Waals surface area contributed by atoms with Gasteiger partial charge < -0.3 is 69.0 Å². The van der Waals surface area contributed by atoms with Gasteiger partial charge in [0.1, 0.15) is 36.3 Å². The van der Waals surface area contributed by atoms with Crippen molar-refractivity contribution in [2.75, 3.05) is 37.8 Å². The first-order valence-electron chi connectivity index (χ1n) is 23.0. The second-order valence-electron chi connectivity index (χ2n) is 17.4. The molecule has 8 atom stereocenters. The Balaban J connectivity index is 1.31. The maximum atomic E-state index is 12.7. The number of nitrogens with one attached hydrogen (secondary N) is 2. The fourth-order valence-corrected chi connectivity index (χ4v) is 10.7. The van der Waals surface area contributed by atoms with Crippen molar-refractivity contribution in [3.8, 4) is 0 Å². The zero-order chi connectivity index (χ0) is 50.5. The normalized spacial score (nSPS) is 20.4. The number of ether oxygens (including phenoxy) is 1. The van der Waals surface area contributed by atoms with Crippen LogP contribution in [-0.2, 0) is 50.7 Å². The number of aliphatic hydroxyl groups is 2. The summed E-state index contributed by atoms with van der Waals surface area (Å²) >= 11 is 1.15. The van der Waals surface area contributed by atoms with Crippen LogP contribution >= 0.6 is 35.2 Å². The molecule has 2 amide bonds. The summed E-state index contributed by atoms with van der Waals surface area (Å²) in [4.78, 5) is 97.3. The molecule has 0 saturated carbocycles. The largest absolute Gasteiger partial charge is 0.790 e. The Kier molecular flexibility index (Phi) is 25.7. The summed E-state index contributed by atoms with van der Waals surface area (Å²) in [5.41, 5.74) is 4.10. The number of phosphoric acid groups is 3. The highest BCUT2D eigenvalue weighted by Gasteiger charge is 2.47. The molecule has 24 nitrogen and oxygen atoms in total. The minimum Gasteiger partial charge on any atom is -0.790 e. The molecule has 1 aliphatic rings. The van der Waals surface area contributed by atoms with E-state index in [9.17, 15) is 57.9 Å². The van der Waals surface area contributed by atoms with E-state index < -0.39 is 84.6 Å². The summed E-state index contributed by atoms with van der Waals surface area (Å²) in [7, 11) is -17.6. The summed E-state index contributed by atoms with van der Waals surface area (Å²) in [6, 6.07) is 0. The second-order valence-corrected chi connectivity index (χ2v) is 22.6. The van der Waals surface area contributed by atoms with Gasteiger partial charge in [0.05, 0.1) is 27.4 Å². The third kappa shape index (κ3) is 21.5. The Morgan fingerprint density at radius 3 is 2.09 bits per heavy atom. The summed E-state index contributed by atoms with van der Waals surface area (Å²) in [5.74, 6) is -1.23. The highest BCUT2D eigenvalue weighted by Crippen LogP contribution is 2.56. The van der Waals surface area contributed by atoms with Crippen molar-refractivity contribution in [3.63, 3.8) is 0 Å². The first-order valence-corrected chi connectivity index (χ1v) is 28.3. The number of aliphatic hydroxyl groups excluding tert-OH is 2. The van der Waals surface area contributed by atoms with Gasteiger partial charge in [-0.3, -0.25) is 28.1 Å². The van der Waals surface area contributed by atoms with E-state index in [1.54, 1.807) is 0 Å². The molecule has 1 aliphatic heterocycles. The highest BCUT2D eigenvalue weighted by molar-refractivity contribution is 8.13. The van der Waals surface area contributed by atoms with Crippen LogP contribution in [0.3, 0.4) is 0 Å². The van der Waals surface area contributed by atoms with Crippen molar-refractivity contribution in [2.24, 2.45) is 11.3 Å². The van der Waals surface area contributed by atoms with Crippen LogP contribution in [-0.4, -0.2) is 103 Å². The standard InChI is InChI=1S/C40H72N7O17P3S/c1-5-6-7-8-9-10-11-12-13-14-15-16-17-18-19-28(2)39(52)68-23-22-42-30(48)20-21-43-37(51)34(50)40(3,4)25-61-67(58,59)64-66(56,57)60-24-29-33(63-65(53,54)55)32(49)38(62-29)47-27-46-31-35(41)44-26-45-36(31)47/h26-29,32-34,38,49-50H,5-25H2,1-4H3,(H,42,48)(H,43,51)(H,56,57)(H,58,59)(H2,41,44,45)(H2,53,54,55)/p-4/t28?,29-,32-,33-,34+,38-/m1/s1. The van der Waals surface area contributed by atoms with E-state index >= 15 is 0 Å². The topological polar surface area (TPSA) is 375 Å². The van der Waals surface area contributed by atoms with Crippen molar-refractivity contribution < 1.29 is 80.5 Å². The quantitative estimate of drug-likeness (QED) is 0.0489. The van der Waals surface area contributed by atoms with Crippen molar-refractivity contribution in [1.82, 2.24) is 30.2 Å². The van der Waals surface area contributed by atoms with Crippen LogP contribution in [0.5, 0.6) is 0 Å². The van der Waals surface area contributed by atoms with Gasteiger partial charge in [-0.05, 0) is 6.42 Å². The first kappa shape index (κ1) is 59.9. The summed E-state index contributed by atoms with van der Waals surface area (Å²) in [6.45, 7) is 4.32. The number of carbonyl (C=O) groups is 3. The number of nitrogens with zero attached hydrogens (tertiary/aromatic N) is 4. The van der Waals surface area contributed by atoms with Crippen LogP contribution < -0.4 is 35.9 Å². The van der Waals surface area contributed by atoms with Crippen molar-refractivity contribution >= 4 is 69.1 Å². The molecule has 3 rings (SSSR count). The van der Waals surface area contributed by atoms with E-state index in [1.165, 1.54) is 90.9 Å². The summed E-state index contributed by atoms with van der Waals surface area (Å²) in [6.07, 6.45) is 11.0. The Labute approximate surface area is 401 Å². The van der Waals surface area contributed by atoms with E-state index in [4.69, 9.17) is 10.5 Å². The lowest BCUT2D eigenvalue weighted by atomic mass is 9.87. The van der Waals surface area contributed by atoms with Crippen LogP contribution in [0.2, 0.25) is 0 Å². The Hall–Kier alpha value is -2.44. The van der Waals surface area contributed by atoms with E-state index in [-0.39, 0.29) is 47.5 Å². The molecule has 1 saturated heterocycles. The third-order valence-electron chi connectivity index (χ3n) is 11.1. The number of amides is 2. The Bertz CT molecular complexity index is 2030. The van der Waals surface area contributed by atoms with Crippen LogP contribution in [0.25, 0.3) is 11.2 Å². The number of anilines is 1. The first-order chi connectivity index (χ1) is 32.0. The van der Waals surface area contributed by atoms with Crippen molar-refractivity contribution in [3.05, 3.63) is 12.7 Å². The van der Waals surface area contributed by atoms with Crippen LogP contribution in [0.15, 0.2) is 12.7 Å². The van der Waals surface area contributed by atoms with Crippen LogP contribution in [0.4, 0.5) is 5.82 Å². The molecule has 390 valence electrons. The van der Waals surface area contributed by atoms with Gasteiger partial charge >= 0.3 is 0 Å². The molecule has 1 fully saturated rings. The predicted molar refractivity (Wildman–Crippen MR) is 242 cm³/mol. The van der Waals surface area contributed by atoms with Crippen LogP contribution in [0.1, 0.15) is 137 Å². The number of phosphoric ester groups is 3. The van der Waals surface area contributed by atoms with E-state index in [0.717, 1.165) is 48.2 Å². The Morgan fingerprint density at radius 2 is 1.49 bits per heavy atom. The molecule has 68 heavy (non-hydrogen) atoms. The minimum absolute atomic E-state index is 0.0181. The lowest BCUT2D eigenvalue weighted by Crippen LogP contribution is -2.46. The molecule has 3 unspecified atom stereocenters. The van der Waals surface area contributed by atoms with Gasteiger partial charge in [-0.2, -0.15) is 0 Å². The molecule has 0 bridgehead atoms.